The summed E-state index contributed by atoms with van der Waals surface area (Å²) in [5.74, 6) is 0.285. The van der Waals surface area contributed by atoms with Gasteiger partial charge in [-0.05, 0) is 24.5 Å². The van der Waals surface area contributed by atoms with E-state index >= 15 is 0 Å². The molecule has 0 fully saturated rings. The summed E-state index contributed by atoms with van der Waals surface area (Å²) < 4.78 is 5.29. The maximum absolute atomic E-state index is 11.6. The minimum Gasteiger partial charge on any atom is -0.462 e. The number of esters is 1. The van der Waals surface area contributed by atoms with Crippen molar-refractivity contribution in [2.75, 3.05) is 6.61 Å². The van der Waals surface area contributed by atoms with Crippen molar-refractivity contribution in [3.8, 4) is 0 Å². The maximum Gasteiger partial charge on any atom is 0.338 e. The summed E-state index contributed by atoms with van der Waals surface area (Å²) in [6.45, 7) is 4.83. The Bertz CT molecular complexity index is 306. The van der Waals surface area contributed by atoms with E-state index in [1.807, 2.05) is 18.2 Å². The fourth-order valence-corrected chi connectivity index (χ4v) is 1.66. The van der Waals surface area contributed by atoms with Gasteiger partial charge >= 0.3 is 5.97 Å². The Hall–Kier alpha value is -1.31. The number of rotatable bonds is 6. The highest BCUT2D eigenvalue weighted by Gasteiger charge is 2.10. The van der Waals surface area contributed by atoms with Gasteiger partial charge < -0.3 is 4.74 Å². The van der Waals surface area contributed by atoms with Crippen molar-refractivity contribution >= 4 is 5.97 Å². The van der Waals surface area contributed by atoms with Crippen molar-refractivity contribution < 1.29 is 9.53 Å². The standard InChI is InChI=1S/C14H20O2/c1-3-8-12(4-2)11-16-14(15)13-9-6-5-7-10-13/h5-7,9-10,12H,3-4,8,11H2,1-2H3. The molecular formula is C14H20O2. The molecule has 0 amide bonds. The first-order valence-electron chi connectivity index (χ1n) is 6.00. The third-order valence-electron chi connectivity index (χ3n) is 2.73. The lowest BCUT2D eigenvalue weighted by Crippen LogP contribution is -2.13. The normalized spacial score (nSPS) is 12.1. The molecule has 88 valence electrons. The van der Waals surface area contributed by atoms with Crippen LogP contribution in [0.3, 0.4) is 0 Å². The van der Waals surface area contributed by atoms with Crippen LogP contribution in [0.25, 0.3) is 0 Å². The third-order valence-corrected chi connectivity index (χ3v) is 2.73. The van der Waals surface area contributed by atoms with Crippen molar-refractivity contribution in [2.24, 2.45) is 5.92 Å². The molecule has 1 aromatic rings. The number of carbonyl (C=O) groups excluding carboxylic acids is 1. The van der Waals surface area contributed by atoms with E-state index in [9.17, 15) is 4.79 Å². The molecular weight excluding hydrogens is 200 g/mol. The second-order valence-electron chi connectivity index (χ2n) is 4.03. The molecule has 0 aliphatic rings. The largest absolute Gasteiger partial charge is 0.462 e. The number of carbonyl (C=O) groups is 1. The second kappa shape index (κ2) is 7.04. The van der Waals surface area contributed by atoms with Crippen LogP contribution in [0.2, 0.25) is 0 Å². The molecule has 1 unspecified atom stereocenters. The van der Waals surface area contributed by atoms with E-state index in [0.717, 1.165) is 19.3 Å². The van der Waals surface area contributed by atoms with Crippen LogP contribution in [-0.4, -0.2) is 12.6 Å². The Balaban J connectivity index is 2.40. The Kier molecular flexibility index (Phi) is 5.62. The first-order chi connectivity index (χ1) is 7.77. The van der Waals surface area contributed by atoms with Crippen LogP contribution in [0.4, 0.5) is 0 Å². The highest BCUT2D eigenvalue weighted by molar-refractivity contribution is 5.89. The quantitative estimate of drug-likeness (QED) is 0.684. The first kappa shape index (κ1) is 12.8. The van der Waals surface area contributed by atoms with E-state index in [2.05, 4.69) is 13.8 Å². The second-order valence-corrected chi connectivity index (χ2v) is 4.03. The summed E-state index contributed by atoms with van der Waals surface area (Å²) in [7, 11) is 0. The van der Waals surface area contributed by atoms with Gasteiger partial charge in [-0.1, -0.05) is 44.9 Å². The molecule has 0 saturated heterocycles. The topological polar surface area (TPSA) is 26.3 Å². The van der Waals surface area contributed by atoms with Crippen LogP contribution in [0, 0.1) is 5.92 Å². The lowest BCUT2D eigenvalue weighted by atomic mass is 10.0. The van der Waals surface area contributed by atoms with Crippen molar-refractivity contribution in [1.29, 1.82) is 0 Å². The summed E-state index contributed by atoms with van der Waals surface area (Å²) in [6, 6.07) is 9.15. The van der Waals surface area contributed by atoms with Gasteiger partial charge in [0.15, 0.2) is 0 Å². The van der Waals surface area contributed by atoms with Crippen LogP contribution in [0.15, 0.2) is 30.3 Å². The van der Waals surface area contributed by atoms with Crippen LogP contribution in [0.1, 0.15) is 43.5 Å². The molecule has 0 aliphatic carbocycles. The van der Waals surface area contributed by atoms with E-state index < -0.39 is 0 Å². The zero-order valence-electron chi connectivity index (χ0n) is 10.1. The van der Waals surface area contributed by atoms with Gasteiger partial charge in [-0.25, -0.2) is 4.79 Å². The summed E-state index contributed by atoms with van der Waals surface area (Å²) in [6.07, 6.45) is 3.33. The fraction of sp³-hybridized carbons (Fsp3) is 0.500. The molecule has 0 radical (unpaired) electrons. The molecule has 0 spiro atoms. The molecule has 0 bridgehead atoms. The lowest BCUT2D eigenvalue weighted by Gasteiger charge is -2.13. The van der Waals surface area contributed by atoms with Crippen LogP contribution < -0.4 is 0 Å². The van der Waals surface area contributed by atoms with Gasteiger partial charge in [-0.2, -0.15) is 0 Å². The van der Waals surface area contributed by atoms with E-state index in [4.69, 9.17) is 4.74 Å². The summed E-state index contributed by atoms with van der Waals surface area (Å²) in [5.41, 5.74) is 0.633. The lowest BCUT2D eigenvalue weighted by molar-refractivity contribution is 0.0429. The van der Waals surface area contributed by atoms with E-state index in [-0.39, 0.29) is 5.97 Å². The van der Waals surface area contributed by atoms with E-state index in [1.54, 1.807) is 12.1 Å². The van der Waals surface area contributed by atoms with Gasteiger partial charge in [0, 0.05) is 0 Å². The predicted molar refractivity (Wildman–Crippen MR) is 65.4 cm³/mol. The Labute approximate surface area is 97.6 Å². The Morgan fingerprint density at radius 2 is 1.94 bits per heavy atom. The molecule has 0 saturated carbocycles. The highest BCUT2D eigenvalue weighted by Crippen LogP contribution is 2.12. The molecule has 0 aliphatic heterocycles. The fourth-order valence-electron chi connectivity index (χ4n) is 1.66. The molecule has 2 nitrogen and oxygen atoms in total. The van der Waals surface area contributed by atoms with Crippen molar-refractivity contribution in [3.05, 3.63) is 35.9 Å². The molecule has 1 atom stereocenters. The molecule has 0 N–H and O–H groups in total. The van der Waals surface area contributed by atoms with Gasteiger partial charge in [0.2, 0.25) is 0 Å². The molecule has 0 aromatic heterocycles. The van der Waals surface area contributed by atoms with E-state index in [1.165, 1.54) is 0 Å². The summed E-state index contributed by atoms with van der Waals surface area (Å²) >= 11 is 0. The SMILES string of the molecule is CCCC(CC)COC(=O)c1ccccc1. The van der Waals surface area contributed by atoms with Gasteiger partial charge in [-0.3, -0.25) is 0 Å². The average Bonchev–Trinajstić information content (AvgIpc) is 2.35. The number of ether oxygens (including phenoxy) is 1. The third kappa shape index (κ3) is 4.05. The smallest absolute Gasteiger partial charge is 0.338 e. The Morgan fingerprint density at radius 1 is 1.25 bits per heavy atom. The average molecular weight is 220 g/mol. The van der Waals surface area contributed by atoms with Gasteiger partial charge in [0.25, 0.3) is 0 Å². The predicted octanol–water partition coefficient (Wildman–Crippen LogP) is 3.67. The molecule has 1 rings (SSSR count). The van der Waals surface area contributed by atoms with Crippen LogP contribution in [0.5, 0.6) is 0 Å². The number of benzene rings is 1. The maximum atomic E-state index is 11.6. The summed E-state index contributed by atoms with van der Waals surface area (Å²) in [5, 5.41) is 0. The Morgan fingerprint density at radius 3 is 2.50 bits per heavy atom. The van der Waals surface area contributed by atoms with Gasteiger partial charge in [0.05, 0.1) is 12.2 Å². The van der Waals surface area contributed by atoms with Gasteiger partial charge in [0.1, 0.15) is 0 Å². The zero-order chi connectivity index (χ0) is 11.8. The minimum atomic E-state index is -0.213. The minimum absolute atomic E-state index is 0.213. The van der Waals surface area contributed by atoms with E-state index in [0.29, 0.717) is 18.1 Å². The molecule has 16 heavy (non-hydrogen) atoms. The van der Waals surface area contributed by atoms with Crippen molar-refractivity contribution in [2.45, 2.75) is 33.1 Å². The first-order valence-corrected chi connectivity index (χ1v) is 6.00. The monoisotopic (exact) mass is 220 g/mol. The molecule has 2 heteroatoms. The van der Waals surface area contributed by atoms with Gasteiger partial charge in [-0.15, -0.1) is 0 Å². The van der Waals surface area contributed by atoms with Crippen LogP contribution in [-0.2, 0) is 4.74 Å². The highest BCUT2D eigenvalue weighted by atomic mass is 16.5. The molecule has 0 heterocycles. The van der Waals surface area contributed by atoms with Crippen LogP contribution >= 0.6 is 0 Å². The number of hydrogen-bond acceptors (Lipinski definition) is 2. The molecule has 1 aromatic carbocycles. The number of hydrogen-bond donors (Lipinski definition) is 0. The van der Waals surface area contributed by atoms with Crippen molar-refractivity contribution in [1.82, 2.24) is 0 Å². The zero-order valence-corrected chi connectivity index (χ0v) is 10.1. The summed E-state index contributed by atoms with van der Waals surface area (Å²) in [4.78, 5) is 11.6. The van der Waals surface area contributed by atoms with Crippen molar-refractivity contribution in [3.63, 3.8) is 0 Å².